The summed E-state index contributed by atoms with van der Waals surface area (Å²) in [4.78, 5) is 0. The highest BCUT2D eigenvalue weighted by atomic mass is 16.5. The molecule has 0 unspecified atom stereocenters. The molecule has 2 aromatic rings. The Morgan fingerprint density at radius 3 is 1.87 bits per heavy atom. The summed E-state index contributed by atoms with van der Waals surface area (Å²) in [6.45, 7) is 4.93. The Labute approximate surface area is 136 Å². The number of anilines is 1. The van der Waals surface area contributed by atoms with Crippen molar-refractivity contribution < 1.29 is 18.9 Å². The van der Waals surface area contributed by atoms with Gasteiger partial charge in [-0.1, -0.05) is 0 Å². The van der Waals surface area contributed by atoms with Crippen LogP contribution in [0.4, 0.5) is 5.69 Å². The van der Waals surface area contributed by atoms with Crippen molar-refractivity contribution in [1.29, 1.82) is 0 Å². The third-order valence-corrected chi connectivity index (χ3v) is 3.01. The Morgan fingerprint density at radius 2 is 1.22 bits per heavy atom. The van der Waals surface area contributed by atoms with E-state index in [0.29, 0.717) is 38.7 Å². The minimum atomic E-state index is 0.504. The van der Waals surface area contributed by atoms with Gasteiger partial charge in [0.15, 0.2) is 0 Å². The Kier molecular flexibility index (Phi) is 7.23. The van der Waals surface area contributed by atoms with Crippen molar-refractivity contribution in [2.24, 2.45) is 0 Å². The highest BCUT2D eigenvalue weighted by Crippen LogP contribution is 2.24. The standard InChI is InChI=1S/C18H23NO4/c1-2-20-11-12-21-13-14-22-16-7-9-18(10-8-16)23-17-5-3-15(19)4-6-17/h3-10H,2,11-14,19H2,1H3. The molecular formula is C18H23NO4. The van der Waals surface area contributed by atoms with Gasteiger partial charge < -0.3 is 24.7 Å². The SMILES string of the molecule is CCOCCOCCOc1ccc(Oc2ccc(N)cc2)cc1. The van der Waals surface area contributed by atoms with Gasteiger partial charge in [-0.15, -0.1) is 0 Å². The summed E-state index contributed by atoms with van der Waals surface area (Å²) in [7, 11) is 0. The van der Waals surface area contributed by atoms with Crippen LogP contribution in [0.5, 0.6) is 17.2 Å². The lowest BCUT2D eigenvalue weighted by molar-refractivity contribution is 0.0405. The maximum Gasteiger partial charge on any atom is 0.127 e. The fraction of sp³-hybridized carbons (Fsp3) is 0.333. The summed E-state index contributed by atoms with van der Waals surface area (Å²) < 4.78 is 21.9. The lowest BCUT2D eigenvalue weighted by Crippen LogP contribution is -2.10. The minimum absolute atomic E-state index is 0.504. The number of rotatable bonds is 10. The number of nitrogen functional groups attached to an aromatic ring is 1. The molecule has 0 saturated carbocycles. The first-order valence-corrected chi connectivity index (χ1v) is 7.69. The summed E-state index contributed by atoms with van der Waals surface area (Å²) in [6, 6.07) is 14.7. The van der Waals surface area contributed by atoms with Crippen LogP contribution >= 0.6 is 0 Å². The Hall–Kier alpha value is -2.24. The first-order valence-electron chi connectivity index (χ1n) is 7.69. The molecule has 0 radical (unpaired) electrons. The Bertz CT molecular complexity index is 554. The van der Waals surface area contributed by atoms with Gasteiger partial charge >= 0.3 is 0 Å². The van der Waals surface area contributed by atoms with Crippen LogP contribution < -0.4 is 15.2 Å². The fourth-order valence-corrected chi connectivity index (χ4v) is 1.86. The van der Waals surface area contributed by atoms with Crippen molar-refractivity contribution in [3.8, 4) is 17.2 Å². The average molecular weight is 317 g/mol. The highest BCUT2D eigenvalue weighted by molar-refractivity contribution is 5.43. The quantitative estimate of drug-likeness (QED) is 0.537. The third kappa shape index (κ3) is 6.59. The summed E-state index contributed by atoms with van der Waals surface area (Å²) >= 11 is 0. The first-order chi connectivity index (χ1) is 11.3. The number of benzene rings is 2. The molecule has 5 nitrogen and oxygen atoms in total. The monoisotopic (exact) mass is 317 g/mol. The summed E-state index contributed by atoms with van der Waals surface area (Å²) in [5.74, 6) is 2.27. The van der Waals surface area contributed by atoms with Gasteiger partial charge in [0.05, 0.1) is 19.8 Å². The largest absolute Gasteiger partial charge is 0.491 e. The molecule has 2 rings (SSSR count). The van der Waals surface area contributed by atoms with E-state index in [1.807, 2.05) is 43.3 Å². The molecule has 124 valence electrons. The molecule has 0 saturated heterocycles. The van der Waals surface area contributed by atoms with E-state index >= 15 is 0 Å². The van der Waals surface area contributed by atoms with Gasteiger partial charge in [0.2, 0.25) is 0 Å². The molecule has 0 aliphatic carbocycles. The van der Waals surface area contributed by atoms with Crippen LogP contribution in [-0.2, 0) is 9.47 Å². The summed E-state index contributed by atoms with van der Waals surface area (Å²) in [5, 5.41) is 0. The van der Waals surface area contributed by atoms with Crippen molar-refractivity contribution in [1.82, 2.24) is 0 Å². The maximum atomic E-state index is 5.72. The van der Waals surface area contributed by atoms with E-state index in [0.717, 1.165) is 17.2 Å². The second-order valence-corrected chi connectivity index (χ2v) is 4.80. The molecule has 0 atom stereocenters. The number of ether oxygens (including phenoxy) is 4. The van der Waals surface area contributed by atoms with Crippen LogP contribution in [-0.4, -0.2) is 33.0 Å². The van der Waals surface area contributed by atoms with Gasteiger partial charge in [0.25, 0.3) is 0 Å². The average Bonchev–Trinajstić information content (AvgIpc) is 2.58. The summed E-state index contributed by atoms with van der Waals surface area (Å²) in [6.07, 6.45) is 0. The second-order valence-electron chi connectivity index (χ2n) is 4.80. The van der Waals surface area contributed by atoms with E-state index in [9.17, 15) is 0 Å². The first kappa shape index (κ1) is 17.1. The van der Waals surface area contributed by atoms with E-state index in [2.05, 4.69) is 0 Å². The maximum absolute atomic E-state index is 5.72. The molecule has 0 aliphatic heterocycles. The molecule has 23 heavy (non-hydrogen) atoms. The van der Waals surface area contributed by atoms with Crippen LogP contribution in [0.3, 0.4) is 0 Å². The molecule has 0 amide bonds. The van der Waals surface area contributed by atoms with Crippen molar-refractivity contribution in [2.45, 2.75) is 6.92 Å². The molecule has 0 aliphatic rings. The smallest absolute Gasteiger partial charge is 0.127 e. The number of hydrogen-bond acceptors (Lipinski definition) is 5. The predicted molar refractivity (Wildman–Crippen MR) is 90.2 cm³/mol. The highest BCUT2D eigenvalue weighted by Gasteiger charge is 1.99. The molecular weight excluding hydrogens is 294 g/mol. The molecule has 0 aromatic heterocycles. The zero-order chi connectivity index (χ0) is 16.3. The van der Waals surface area contributed by atoms with E-state index in [1.165, 1.54) is 0 Å². The van der Waals surface area contributed by atoms with Gasteiger partial charge in [-0.05, 0) is 55.5 Å². The molecule has 2 N–H and O–H groups in total. The van der Waals surface area contributed by atoms with Crippen LogP contribution in [0.2, 0.25) is 0 Å². The second kappa shape index (κ2) is 9.71. The van der Waals surface area contributed by atoms with Gasteiger partial charge in [0, 0.05) is 12.3 Å². The predicted octanol–water partition coefficient (Wildman–Crippen LogP) is 3.49. The molecule has 2 aromatic carbocycles. The van der Waals surface area contributed by atoms with Gasteiger partial charge in [-0.3, -0.25) is 0 Å². The molecule has 5 heteroatoms. The lowest BCUT2D eigenvalue weighted by Gasteiger charge is -2.09. The van der Waals surface area contributed by atoms with E-state index in [1.54, 1.807) is 12.1 Å². The van der Waals surface area contributed by atoms with Crippen LogP contribution in [0.15, 0.2) is 48.5 Å². The third-order valence-electron chi connectivity index (χ3n) is 3.01. The Balaban J connectivity index is 1.69. The van der Waals surface area contributed by atoms with Crippen molar-refractivity contribution in [3.05, 3.63) is 48.5 Å². The molecule has 0 spiro atoms. The topological polar surface area (TPSA) is 62.9 Å². The summed E-state index contributed by atoms with van der Waals surface area (Å²) in [5.41, 5.74) is 6.36. The normalized spacial score (nSPS) is 10.5. The zero-order valence-electron chi connectivity index (χ0n) is 13.4. The van der Waals surface area contributed by atoms with Crippen LogP contribution in [0.1, 0.15) is 6.92 Å². The number of nitrogens with two attached hydrogens (primary N) is 1. The number of hydrogen-bond donors (Lipinski definition) is 1. The van der Waals surface area contributed by atoms with Crippen molar-refractivity contribution >= 4 is 5.69 Å². The Morgan fingerprint density at radius 1 is 0.696 bits per heavy atom. The fourth-order valence-electron chi connectivity index (χ4n) is 1.86. The van der Waals surface area contributed by atoms with Crippen molar-refractivity contribution in [3.63, 3.8) is 0 Å². The lowest BCUT2D eigenvalue weighted by atomic mass is 10.3. The zero-order valence-corrected chi connectivity index (χ0v) is 13.4. The molecule has 0 heterocycles. The van der Waals surface area contributed by atoms with Gasteiger partial charge in [-0.25, -0.2) is 0 Å². The van der Waals surface area contributed by atoms with E-state index < -0.39 is 0 Å². The van der Waals surface area contributed by atoms with E-state index in [-0.39, 0.29) is 0 Å². The van der Waals surface area contributed by atoms with Crippen LogP contribution in [0.25, 0.3) is 0 Å². The van der Waals surface area contributed by atoms with Crippen LogP contribution in [0, 0.1) is 0 Å². The van der Waals surface area contributed by atoms with Gasteiger partial charge in [-0.2, -0.15) is 0 Å². The molecule has 0 fully saturated rings. The molecule has 0 bridgehead atoms. The van der Waals surface area contributed by atoms with Crippen molar-refractivity contribution in [2.75, 3.05) is 38.8 Å². The van der Waals surface area contributed by atoms with E-state index in [4.69, 9.17) is 24.7 Å². The minimum Gasteiger partial charge on any atom is -0.491 e. The van der Waals surface area contributed by atoms with Gasteiger partial charge in [0.1, 0.15) is 23.9 Å².